The van der Waals surface area contributed by atoms with Gasteiger partial charge in [-0.25, -0.2) is 9.59 Å². The van der Waals surface area contributed by atoms with Crippen molar-refractivity contribution in [2.75, 3.05) is 13.2 Å². The third kappa shape index (κ3) is 6.83. The van der Waals surface area contributed by atoms with Crippen LogP contribution in [0.2, 0.25) is 0 Å². The molecule has 0 aliphatic rings. The zero-order valence-corrected chi connectivity index (χ0v) is 25.7. The Morgan fingerprint density at radius 2 is 0.750 bits per heavy atom. The van der Waals surface area contributed by atoms with Crippen LogP contribution < -0.4 is 0 Å². The first-order valence-corrected chi connectivity index (χ1v) is 14.9. The van der Waals surface area contributed by atoms with E-state index in [1.54, 1.807) is 50.2 Å². The fourth-order valence-electron chi connectivity index (χ4n) is 5.66. The molecule has 0 saturated heterocycles. The van der Waals surface area contributed by atoms with E-state index in [2.05, 4.69) is 0 Å². The van der Waals surface area contributed by atoms with E-state index in [1.807, 2.05) is 0 Å². The van der Waals surface area contributed by atoms with Gasteiger partial charge in [0.25, 0.3) is 0 Å². The third-order valence-corrected chi connectivity index (χ3v) is 7.56. The minimum atomic E-state index is -5.50. The summed E-state index contributed by atoms with van der Waals surface area (Å²) in [7, 11) is 0. The van der Waals surface area contributed by atoms with Gasteiger partial charge in [0.05, 0.1) is 35.5 Å². The van der Waals surface area contributed by atoms with E-state index < -0.39 is 46.5 Å². The zero-order valence-electron chi connectivity index (χ0n) is 25.7. The second-order valence-electron chi connectivity index (χ2n) is 10.6. The van der Waals surface area contributed by atoms with Gasteiger partial charge in [-0.3, -0.25) is 0 Å². The molecule has 0 aliphatic carbocycles. The summed E-state index contributed by atoms with van der Waals surface area (Å²) in [5.41, 5.74) is -5.28. The fourth-order valence-corrected chi connectivity index (χ4v) is 5.66. The molecule has 0 aromatic heterocycles. The molecule has 0 atom stereocenters. The third-order valence-electron chi connectivity index (χ3n) is 7.56. The largest absolute Gasteiger partial charge is 0.462 e. The van der Waals surface area contributed by atoms with Crippen molar-refractivity contribution in [3.05, 3.63) is 131 Å². The van der Waals surface area contributed by atoms with Gasteiger partial charge in [0.2, 0.25) is 0 Å². The molecule has 48 heavy (non-hydrogen) atoms. The molecule has 0 heterocycles. The Balaban J connectivity index is 2.02. The Morgan fingerprint density at radius 3 is 1.02 bits per heavy atom. The molecule has 5 aromatic rings. The maximum atomic E-state index is 15.4. The maximum Gasteiger partial charge on any atom is 0.417 e. The Labute approximate surface area is 272 Å². The lowest BCUT2D eigenvalue weighted by Gasteiger charge is -2.29. The van der Waals surface area contributed by atoms with Gasteiger partial charge in [0.15, 0.2) is 0 Å². The zero-order chi connectivity index (χ0) is 34.6. The van der Waals surface area contributed by atoms with Crippen molar-refractivity contribution in [1.82, 2.24) is 0 Å². The Hall–Kier alpha value is -5.38. The SMILES string of the molecule is CCOC(=O)c1ccc(-c2c(-c3ccccc3)c(-c3ccccc3)c(-c3ccc(C(=O)OCC)cc3)c(C(F)(F)F)c2C(F)(F)F)cc1. The van der Waals surface area contributed by atoms with Crippen LogP contribution in [-0.2, 0) is 21.8 Å². The number of hydrogen-bond acceptors (Lipinski definition) is 4. The highest BCUT2D eigenvalue weighted by Gasteiger charge is 2.49. The standard InChI is InChI=1S/C38H28F6O4/c1-3-47-35(45)27-19-15-25(16-20-27)31-29(23-11-7-5-8-12-23)30(24-13-9-6-10-14-24)32(34(38(42,43)44)33(31)37(39,40)41)26-17-21-28(22-18-26)36(46)48-4-2/h5-22H,3-4H2,1-2H3. The molecule has 5 aromatic carbocycles. The molecule has 0 saturated carbocycles. The van der Waals surface area contributed by atoms with E-state index in [0.29, 0.717) is 0 Å². The second-order valence-corrected chi connectivity index (χ2v) is 10.6. The van der Waals surface area contributed by atoms with E-state index >= 15 is 26.3 Å². The highest BCUT2D eigenvalue weighted by molar-refractivity contribution is 6.05. The molecule has 5 rings (SSSR count). The molecule has 0 spiro atoms. The van der Waals surface area contributed by atoms with Crippen LogP contribution in [0.25, 0.3) is 44.5 Å². The molecule has 4 nitrogen and oxygen atoms in total. The fraction of sp³-hybridized carbons (Fsp3) is 0.158. The average Bonchev–Trinajstić information content (AvgIpc) is 3.07. The van der Waals surface area contributed by atoms with E-state index in [9.17, 15) is 9.59 Å². The Kier molecular flexibility index (Phi) is 9.74. The molecule has 0 radical (unpaired) electrons. The first-order valence-electron chi connectivity index (χ1n) is 14.9. The monoisotopic (exact) mass is 662 g/mol. The van der Waals surface area contributed by atoms with Gasteiger partial charge >= 0.3 is 24.3 Å². The van der Waals surface area contributed by atoms with Crippen LogP contribution >= 0.6 is 0 Å². The van der Waals surface area contributed by atoms with Gasteiger partial charge in [-0.1, -0.05) is 84.9 Å². The van der Waals surface area contributed by atoms with E-state index in [-0.39, 0.29) is 57.7 Å². The van der Waals surface area contributed by atoms with Gasteiger partial charge in [0.1, 0.15) is 0 Å². The van der Waals surface area contributed by atoms with Crippen LogP contribution in [0.4, 0.5) is 26.3 Å². The number of ether oxygens (including phenoxy) is 2. The van der Waals surface area contributed by atoms with Gasteiger partial charge in [-0.15, -0.1) is 0 Å². The summed E-state index contributed by atoms with van der Waals surface area (Å²) >= 11 is 0. The van der Waals surface area contributed by atoms with Crippen molar-refractivity contribution in [3.8, 4) is 44.5 Å². The molecule has 0 amide bonds. The first-order chi connectivity index (χ1) is 22.9. The van der Waals surface area contributed by atoms with Gasteiger partial charge in [-0.2, -0.15) is 26.3 Å². The number of rotatable bonds is 8. The molecule has 0 unspecified atom stereocenters. The van der Waals surface area contributed by atoms with Gasteiger partial charge < -0.3 is 9.47 Å². The van der Waals surface area contributed by atoms with Crippen molar-refractivity contribution in [1.29, 1.82) is 0 Å². The average molecular weight is 663 g/mol. The molecule has 0 N–H and O–H groups in total. The summed E-state index contributed by atoms with van der Waals surface area (Å²) in [5.74, 6) is -1.46. The van der Waals surface area contributed by atoms with E-state index in [4.69, 9.17) is 9.47 Å². The quantitative estimate of drug-likeness (QED) is 0.123. The molecule has 246 valence electrons. The van der Waals surface area contributed by atoms with Crippen molar-refractivity contribution in [3.63, 3.8) is 0 Å². The summed E-state index contributed by atoms with van der Waals surface area (Å²) < 4.78 is 102. The van der Waals surface area contributed by atoms with Crippen molar-refractivity contribution in [2.45, 2.75) is 26.2 Å². The summed E-state index contributed by atoms with van der Waals surface area (Å²) in [6.07, 6.45) is -11.0. The normalized spacial score (nSPS) is 11.7. The lowest BCUT2D eigenvalue weighted by atomic mass is 9.76. The number of esters is 2. The molecular formula is C38H28F6O4. The van der Waals surface area contributed by atoms with Crippen LogP contribution in [0.3, 0.4) is 0 Å². The summed E-state index contributed by atoms with van der Waals surface area (Å²) in [4.78, 5) is 24.7. The lowest BCUT2D eigenvalue weighted by Crippen LogP contribution is -2.21. The molecule has 0 fully saturated rings. The number of hydrogen-bond donors (Lipinski definition) is 0. The molecule has 10 heteroatoms. The number of halogens is 6. The second kappa shape index (κ2) is 13.8. The van der Waals surface area contributed by atoms with Crippen molar-refractivity contribution >= 4 is 11.9 Å². The van der Waals surface area contributed by atoms with Gasteiger partial charge in [-0.05, 0) is 71.5 Å². The van der Waals surface area contributed by atoms with Crippen molar-refractivity contribution in [2.24, 2.45) is 0 Å². The van der Waals surface area contributed by atoms with Crippen LogP contribution in [-0.4, -0.2) is 25.2 Å². The summed E-state index contributed by atoms with van der Waals surface area (Å²) in [5, 5.41) is 0. The highest BCUT2D eigenvalue weighted by Crippen LogP contribution is 2.57. The van der Waals surface area contributed by atoms with E-state index in [1.165, 1.54) is 72.8 Å². The predicted octanol–water partition coefficient (Wildman–Crippen LogP) is 10.7. The Bertz CT molecular complexity index is 1770. The number of alkyl halides is 6. The van der Waals surface area contributed by atoms with Crippen LogP contribution in [0, 0.1) is 0 Å². The number of benzene rings is 5. The van der Waals surface area contributed by atoms with Crippen LogP contribution in [0.1, 0.15) is 45.7 Å². The predicted molar refractivity (Wildman–Crippen MR) is 170 cm³/mol. The minimum absolute atomic E-state index is 0.0213. The molecule has 0 aliphatic heterocycles. The summed E-state index contributed by atoms with van der Waals surface area (Å²) in [6.45, 7) is 3.27. The van der Waals surface area contributed by atoms with Crippen LogP contribution in [0.15, 0.2) is 109 Å². The smallest absolute Gasteiger partial charge is 0.417 e. The lowest BCUT2D eigenvalue weighted by molar-refractivity contribution is -0.161. The molecule has 0 bridgehead atoms. The maximum absolute atomic E-state index is 15.4. The van der Waals surface area contributed by atoms with E-state index in [0.717, 1.165) is 0 Å². The van der Waals surface area contributed by atoms with Gasteiger partial charge in [0, 0.05) is 11.1 Å². The Morgan fingerprint density at radius 1 is 0.458 bits per heavy atom. The first kappa shape index (κ1) is 34.0. The summed E-state index contributed by atoms with van der Waals surface area (Å²) in [6, 6.07) is 25.3. The highest BCUT2D eigenvalue weighted by atomic mass is 19.4. The van der Waals surface area contributed by atoms with Crippen LogP contribution in [0.5, 0.6) is 0 Å². The van der Waals surface area contributed by atoms with Crippen molar-refractivity contribution < 1.29 is 45.4 Å². The topological polar surface area (TPSA) is 52.6 Å². The minimum Gasteiger partial charge on any atom is -0.462 e. The molecular weight excluding hydrogens is 634 g/mol. The number of carbonyl (C=O) groups excluding carboxylic acids is 2. The number of carbonyl (C=O) groups is 2.